The second-order valence-corrected chi connectivity index (χ2v) is 4.65. The smallest absolute Gasteiger partial charge is 0.261 e. The molecule has 1 aliphatic carbocycles. The van der Waals surface area contributed by atoms with E-state index in [4.69, 9.17) is 5.73 Å². The van der Waals surface area contributed by atoms with Crippen molar-refractivity contribution in [3.8, 4) is 0 Å². The highest BCUT2D eigenvalue weighted by Crippen LogP contribution is 2.32. The Kier molecular flexibility index (Phi) is 2.75. The summed E-state index contributed by atoms with van der Waals surface area (Å²) in [7, 11) is 0. The molecule has 0 bridgehead atoms. The summed E-state index contributed by atoms with van der Waals surface area (Å²) in [5.74, 6) is -2.44. The fourth-order valence-electron chi connectivity index (χ4n) is 2.54. The van der Waals surface area contributed by atoms with E-state index in [-0.39, 0.29) is 13.0 Å². The van der Waals surface area contributed by atoms with Gasteiger partial charge in [-0.25, -0.2) is 8.78 Å². The van der Waals surface area contributed by atoms with Crippen molar-refractivity contribution in [1.82, 2.24) is 4.90 Å². The fraction of sp³-hybridized carbons (Fsp3) is 1.00. The molecule has 1 heterocycles. The van der Waals surface area contributed by atoms with Crippen LogP contribution in [0.3, 0.4) is 0 Å². The fourth-order valence-corrected chi connectivity index (χ4v) is 2.54. The zero-order chi connectivity index (χ0) is 10.2. The van der Waals surface area contributed by atoms with Gasteiger partial charge in [-0.2, -0.15) is 0 Å². The van der Waals surface area contributed by atoms with E-state index in [1.165, 1.54) is 0 Å². The molecule has 0 aromatic heterocycles. The second-order valence-electron chi connectivity index (χ2n) is 4.65. The number of nitrogens with zero attached hydrogens (tertiary/aromatic N) is 1. The molecular weight excluding hydrogens is 186 g/mol. The van der Waals surface area contributed by atoms with E-state index in [9.17, 15) is 8.78 Å². The van der Waals surface area contributed by atoms with Gasteiger partial charge in [-0.1, -0.05) is 0 Å². The molecule has 0 atom stereocenters. The Morgan fingerprint density at radius 1 is 1.14 bits per heavy atom. The number of halogens is 2. The molecule has 0 amide bonds. The lowest BCUT2D eigenvalue weighted by Gasteiger charge is -2.33. The van der Waals surface area contributed by atoms with E-state index in [1.54, 1.807) is 0 Å². The van der Waals surface area contributed by atoms with Crippen molar-refractivity contribution in [3.05, 3.63) is 0 Å². The van der Waals surface area contributed by atoms with Crippen molar-refractivity contribution in [3.63, 3.8) is 0 Å². The Bertz CT molecular complexity index is 200. The van der Waals surface area contributed by atoms with Crippen LogP contribution < -0.4 is 5.73 Å². The molecule has 0 unspecified atom stereocenters. The summed E-state index contributed by atoms with van der Waals surface area (Å²) in [5.41, 5.74) is 5.78. The van der Waals surface area contributed by atoms with Crippen LogP contribution in [-0.4, -0.2) is 36.0 Å². The number of likely N-dealkylation sites (tertiary alicyclic amines) is 1. The van der Waals surface area contributed by atoms with Crippen LogP contribution in [-0.2, 0) is 0 Å². The first-order chi connectivity index (χ1) is 6.57. The maximum atomic E-state index is 13.0. The van der Waals surface area contributed by atoms with Gasteiger partial charge in [-0.15, -0.1) is 0 Å². The molecule has 2 nitrogen and oxygen atoms in total. The molecule has 82 valence electrons. The molecule has 1 saturated heterocycles. The average Bonchev–Trinajstić information content (AvgIpc) is 2.47. The van der Waals surface area contributed by atoms with Crippen LogP contribution in [0.2, 0.25) is 0 Å². The second kappa shape index (κ2) is 3.74. The molecule has 0 spiro atoms. The van der Waals surface area contributed by atoms with Crippen molar-refractivity contribution >= 4 is 0 Å². The first-order valence-electron chi connectivity index (χ1n) is 5.44. The topological polar surface area (TPSA) is 29.3 Å². The molecular formula is C10H18F2N2. The predicted molar refractivity (Wildman–Crippen MR) is 51.4 cm³/mol. The first-order valence-corrected chi connectivity index (χ1v) is 5.44. The Balaban J connectivity index is 1.85. The maximum absolute atomic E-state index is 13.0. The minimum absolute atomic E-state index is 0.0348. The lowest BCUT2D eigenvalue weighted by molar-refractivity contribution is 0.00524. The van der Waals surface area contributed by atoms with Crippen molar-refractivity contribution in [1.29, 1.82) is 0 Å². The van der Waals surface area contributed by atoms with Gasteiger partial charge in [0.15, 0.2) is 0 Å². The van der Waals surface area contributed by atoms with Crippen molar-refractivity contribution in [2.24, 2.45) is 5.73 Å². The van der Waals surface area contributed by atoms with Crippen LogP contribution in [0.1, 0.15) is 32.1 Å². The molecule has 2 rings (SSSR count). The third kappa shape index (κ3) is 2.23. The number of rotatable bonds is 1. The Morgan fingerprint density at radius 3 is 2.29 bits per heavy atom. The summed E-state index contributed by atoms with van der Waals surface area (Å²) >= 11 is 0. The van der Waals surface area contributed by atoms with Gasteiger partial charge in [0, 0.05) is 25.0 Å². The zero-order valence-electron chi connectivity index (χ0n) is 8.38. The highest BCUT2D eigenvalue weighted by atomic mass is 19.3. The van der Waals surface area contributed by atoms with E-state index < -0.39 is 5.92 Å². The van der Waals surface area contributed by atoms with Crippen molar-refractivity contribution in [2.75, 3.05) is 13.1 Å². The van der Waals surface area contributed by atoms with Crippen molar-refractivity contribution < 1.29 is 8.78 Å². The van der Waals surface area contributed by atoms with E-state index >= 15 is 0 Å². The molecule has 2 aliphatic rings. The molecule has 1 saturated carbocycles. The van der Waals surface area contributed by atoms with E-state index in [2.05, 4.69) is 0 Å². The third-order valence-corrected chi connectivity index (χ3v) is 3.46. The molecule has 2 N–H and O–H groups in total. The van der Waals surface area contributed by atoms with E-state index in [0.29, 0.717) is 18.6 Å². The standard InChI is InChI=1S/C10H18F2N2/c11-10(12)5-6-14(7-10)9-3-1-8(13)2-4-9/h8-9H,1-7,13H2/t8-,9+. The minimum atomic E-state index is -2.44. The summed E-state index contributed by atoms with van der Waals surface area (Å²) in [6.45, 7) is 0.528. The Hall–Kier alpha value is -0.220. The maximum Gasteiger partial charge on any atom is 0.261 e. The van der Waals surface area contributed by atoms with Crippen LogP contribution in [0.25, 0.3) is 0 Å². The van der Waals surface area contributed by atoms with Crippen LogP contribution in [0.15, 0.2) is 0 Å². The summed E-state index contributed by atoms with van der Waals surface area (Å²) in [6.07, 6.45) is 4.02. The number of hydrogen-bond acceptors (Lipinski definition) is 2. The molecule has 0 aromatic carbocycles. The third-order valence-electron chi connectivity index (χ3n) is 3.46. The lowest BCUT2D eigenvalue weighted by Crippen LogP contribution is -2.40. The first kappa shape index (κ1) is 10.3. The average molecular weight is 204 g/mol. The SMILES string of the molecule is N[C@H]1CC[C@@H](N2CCC(F)(F)C2)CC1. The van der Waals surface area contributed by atoms with Gasteiger partial charge in [0.1, 0.15) is 0 Å². The summed E-state index contributed by atoms with van der Waals surface area (Å²) < 4.78 is 25.9. The number of nitrogens with two attached hydrogens (primary N) is 1. The number of hydrogen-bond donors (Lipinski definition) is 1. The van der Waals surface area contributed by atoms with Gasteiger partial charge in [-0.3, -0.25) is 4.90 Å². The normalized spacial score (nSPS) is 38.8. The minimum Gasteiger partial charge on any atom is -0.328 e. The van der Waals surface area contributed by atoms with Gasteiger partial charge >= 0.3 is 0 Å². The van der Waals surface area contributed by atoms with Crippen LogP contribution >= 0.6 is 0 Å². The van der Waals surface area contributed by atoms with E-state index in [0.717, 1.165) is 25.7 Å². The van der Waals surface area contributed by atoms with Gasteiger partial charge in [0.05, 0.1) is 6.54 Å². The zero-order valence-corrected chi connectivity index (χ0v) is 8.38. The Labute approximate surface area is 83.4 Å². The van der Waals surface area contributed by atoms with Crippen LogP contribution in [0.4, 0.5) is 8.78 Å². The van der Waals surface area contributed by atoms with Crippen molar-refractivity contribution in [2.45, 2.75) is 50.1 Å². The molecule has 0 radical (unpaired) electrons. The number of alkyl halides is 2. The Morgan fingerprint density at radius 2 is 1.79 bits per heavy atom. The van der Waals surface area contributed by atoms with Crippen LogP contribution in [0, 0.1) is 0 Å². The predicted octanol–water partition coefficient (Wildman–Crippen LogP) is 1.60. The molecule has 1 aliphatic heterocycles. The quantitative estimate of drug-likeness (QED) is 0.703. The molecule has 0 aromatic rings. The van der Waals surface area contributed by atoms with Gasteiger partial charge in [-0.05, 0) is 25.7 Å². The largest absolute Gasteiger partial charge is 0.328 e. The summed E-state index contributed by atoms with van der Waals surface area (Å²) in [6, 6.07) is 0.664. The van der Waals surface area contributed by atoms with Gasteiger partial charge in [0.2, 0.25) is 0 Å². The molecule has 2 fully saturated rings. The lowest BCUT2D eigenvalue weighted by atomic mass is 9.91. The van der Waals surface area contributed by atoms with Gasteiger partial charge < -0.3 is 5.73 Å². The highest BCUT2D eigenvalue weighted by molar-refractivity contribution is 4.89. The van der Waals surface area contributed by atoms with Crippen LogP contribution in [0.5, 0.6) is 0 Å². The summed E-state index contributed by atoms with van der Waals surface area (Å²) in [4.78, 5) is 1.95. The van der Waals surface area contributed by atoms with E-state index in [1.807, 2.05) is 4.90 Å². The molecule has 14 heavy (non-hydrogen) atoms. The monoisotopic (exact) mass is 204 g/mol. The van der Waals surface area contributed by atoms with Gasteiger partial charge in [0.25, 0.3) is 5.92 Å². The summed E-state index contributed by atoms with van der Waals surface area (Å²) in [5, 5.41) is 0. The molecule has 4 heteroatoms. The highest BCUT2D eigenvalue weighted by Gasteiger charge is 2.41.